The van der Waals surface area contributed by atoms with Crippen LogP contribution in [-0.2, 0) is 16.6 Å². The Hall–Kier alpha value is -0.890. The number of thiophene rings is 2. The molecule has 0 aliphatic heterocycles. The highest BCUT2D eigenvalue weighted by Crippen LogP contribution is 2.23. The molecule has 0 unspecified atom stereocenters. The van der Waals surface area contributed by atoms with Crippen LogP contribution in [0.1, 0.15) is 5.56 Å². The van der Waals surface area contributed by atoms with Crippen molar-refractivity contribution in [1.82, 2.24) is 0 Å². The SMILES string of the molecule is O=S(=O)(Nc1ccsc1)c1cc(CO)cs1. The van der Waals surface area contributed by atoms with Gasteiger partial charge in [0.25, 0.3) is 10.0 Å². The summed E-state index contributed by atoms with van der Waals surface area (Å²) in [5, 5.41) is 14.0. The third kappa shape index (κ3) is 2.43. The minimum absolute atomic E-state index is 0.148. The van der Waals surface area contributed by atoms with Crippen molar-refractivity contribution in [2.24, 2.45) is 0 Å². The molecule has 2 rings (SSSR count). The zero-order chi connectivity index (χ0) is 11.6. The first-order chi connectivity index (χ1) is 7.62. The van der Waals surface area contributed by atoms with Crippen LogP contribution >= 0.6 is 22.7 Å². The molecule has 2 aromatic heterocycles. The predicted molar refractivity (Wildman–Crippen MR) is 65.4 cm³/mol. The smallest absolute Gasteiger partial charge is 0.271 e. The van der Waals surface area contributed by atoms with Crippen molar-refractivity contribution in [1.29, 1.82) is 0 Å². The van der Waals surface area contributed by atoms with Crippen LogP contribution < -0.4 is 4.72 Å². The van der Waals surface area contributed by atoms with Crippen LogP contribution in [0.25, 0.3) is 0 Å². The van der Waals surface area contributed by atoms with Gasteiger partial charge in [0.05, 0.1) is 12.3 Å². The van der Waals surface area contributed by atoms with Crippen LogP contribution in [0.15, 0.2) is 32.5 Å². The lowest BCUT2D eigenvalue weighted by Gasteiger charge is -2.02. The molecule has 0 aliphatic carbocycles. The summed E-state index contributed by atoms with van der Waals surface area (Å²) in [6.07, 6.45) is 0. The highest BCUT2D eigenvalue weighted by Gasteiger charge is 2.16. The summed E-state index contributed by atoms with van der Waals surface area (Å²) in [6, 6.07) is 3.17. The van der Waals surface area contributed by atoms with Gasteiger partial charge in [-0.15, -0.1) is 11.3 Å². The summed E-state index contributed by atoms with van der Waals surface area (Å²) < 4.78 is 26.4. The van der Waals surface area contributed by atoms with Gasteiger partial charge in [-0.1, -0.05) is 0 Å². The van der Waals surface area contributed by atoms with Crippen molar-refractivity contribution in [3.8, 4) is 0 Å². The van der Waals surface area contributed by atoms with Crippen molar-refractivity contribution in [3.63, 3.8) is 0 Å². The number of sulfonamides is 1. The number of hydrogen-bond donors (Lipinski definition) is 2. The maximum atomic E-state index is 11.9. The van der Waals surface area contributed by atoms with Gasteiger partial charge in [-0.2, -0.15) is 11.3 Å². The van der Waals surface area contributed by atoms with Crippen molar-refractivity contribution in [3.05, 3.63) is 33.8 Å². The predicted octanol–water partition coefficient (Wildman–Crippen LogP) is 2.10. The Bertz CT molecular complexity index is 557. The molecule has 0 bridgehead atoms. The molecule has 0 aromatic carbocycles. The van der Waals surface area contributed by atoms with E-state index in [9.17, 15) is 8.42 Å². The number of anilines is 1. The summed E-state index contributed by atoms with van der Waals surface area (Å²) in [5.41, 5.74) is 1.17. The summed E-state index contributed by atoms with van der Waals surface area (Å²) >= 11 is 2.52. The highest BCUT2D eigenvalue weighted by atomic mass is 32.2. The molecular weight excluding hydrogens is 266 g/mol. The molecule has 0 radical (unpaired) electrons. The van der Waals surface area contributed by atoms with Crippen LogP contribution in [0.2, 0.25) is 0 Å². The Kier molecular flexibility index (Phi) is 3.29. The minimum Gasteiger partial charge on any atom is -0.392 e. The molecule has 0 atom stereocenters. The number of aliphatic hydroxyl groups is 1. The van der Waals surface area contributed by atoms with E-state index in [0.29, 0.717) is 11.3 Å². The molecule has 2 heterocycles. The normalized spacial score (nSPS) is 11.6. The fourth-order valence-corrected chi connectivity index (χ4v) is 4.02. The van der Waals surface area contributed by atoms with Gasteiger partial charge >= 0.3 is 0 Å². The maximum Gasteiger partial charge on any atom is 0.271 e. The van der Waals surface area contributed by atoms with E-state index in [4.69, 9.17) is 5.11 Å². The Labute approximate surface area is 101 Å². The van der Waals surface area contributed by atoms with Crippen molar-refractivity contribution < 1.29 is 13.5 Å². The summed E-state index contributed by atoms with van der Waals surface area (Å²) in [4.78, 5) is 0. The molecule has 16 heavy (non-hydrogen) atoms. The van der Waals surface area contributed by atoms with E-state index in [1.54, 1.807) is 22.2 Å². The van der Waals surface area contributed by atoms with Gasteiger partial charge in [-0.05, 0) is 28.5 Å². The number of aliphatic hydroxyl groups excluding tert-OH is 1. The lowest BCUT2D eigenvalue weighted by atomic mass is 10.4. The molecule has 0 fully saturated rings. The molecule has 2 N–H and O–H groups in total. The van der Waals surface area contributed by atoms with Crippen LogP contribution in [-0.4, -0.2) is 13.5 Å². The second-order valence-electron chi connectivity index (χ2n) is 3.05. The average molecular weight is 275 g/mol. The average Bonchev–Trinajstić information content (AvgIpc) is 2.85. The molecule has 86 valence electrons. The van der Waals surface area contributed by atoms with Crippen LogP contribution in [0, 0.1) is 0 Å². The van der Waals surface area contributed by atoms with Gasteiger partial charge in [-0.3, -0.25) is 4.72 Å². The van der Waals surface area contributed by atoms with E-state index >= 15 is 0 Å². The molecule has 4 nitrogen and oxygen atoms in total. The zero-order valence-electron chi connectivity index (χ0n) is 8.08. The fourth-order valence-electron chi connectivity index (χ4n) is 1.10. The van der Waals surface area contributed by atoms with Crippen molar-refractivity contribution in [2.45, 2.75) is 10.8 Å². The van der Waals surface area contributed by atoms with E-state index < -0.39 is 10.0 Å². The molecule has 7 heteroatoms. The van der Waals surface area contributed by atoms with E-state index in [1.807, 2.05) is 0 Å². The maximum absolute atomic E-state index is 11.9. The Morgan fingerprint density at radius 1 is 1.38 bits per heavy atom. The first kappa shape index (κ1) is 11.6. The lowest BCUT2D eigenvalue weighted by Crippen LogP contribution is -2.10. The van der Waals surface area contributed by atoms with E-state index in [1.165, 1.54) is 17.4 Å². The third-order valence-electron chi connectivity index (χ3n) is 1.85. The standard InChI is InChI=1S/C9H9NO3S3/c11-4-7-3-9(15-5-7)16(12,13)10-8-1-2-14-6-8/h1-3,5-6,10-11H,4H2. The zero-order valence-corrected chi connectivity index (χ0v) is 10.5. The Morgan fingerprint density at radius 3 is 2.75 bits per heavy atom. The van der Waals surface area contributed by atoms with E-state index in [2.05, 4.69) is 4.72 Å². The van der Waals surface area contributed by atoms with Gasteiger partial charge in [0.1, 0.15) is 4.21 Å². The van der Waals surface area contributed by atoms with Crippen LogP contribution in [0.3, 0.4) is 0 Å². The summed E-state index contributed by atoms with van der Waals surface area (Å²) in [6.45, 7) is -0.148. The summed E-state index contributed by atoms with van der Waals surface area (Å²) in [7, 11) is -3.51. The molecule has 0 spiro atoms. The highest BCUT2D eigenvalue weighted by molar-refractivity contribution is 7.94. The number of nitrogens with one attached hydrogen (secondary N) is 1. The van der Waals surface area contributed by atoms with Crippen molar-refractivity contribution in [2.75, 3.05) is 4.72 Å². The summed E-state index contributed by atoms with van der Waals surface area (Å²) in [5.74, 6) is 0. The first-order valence-corrected chi connectivity index (χ1v) is 7.65. The van der Waals surface area contributed by atoms with E-state index in [-0.39, 0.29) is 10.8 Å². The van der Waals surface area contributed by atoms with Gasteiger partial charge in [0, 0.05) is 5.38 Å². The Morgan fingerprint density at radius 2 is 2.19 bits per heavy atom. The minimum atomic E-state index is -3.51. The molecule has 0 aliphatic rings. The lowest BCUT2D eigenvalue weighted by molar-refractivity contribution is 0.282. The first-order valence-electron chi connectivity index (χ1n) is 4.35. The van der Waals surface area contributed by atoms with Gasteiger partial charge in [0.2, 0.25) is 0 Å². The Balaban J connectivity index is 2.25. The number of rotatable bonds is 4. The molecular formula is C9H9NO3S3. The molecule has 0 saturated carbocycles. The second-order valence-corrected chi connectivity index (χ2v) is 6.65. The topological polar surface area (TPSA) is 66.4 Å². The van der Waals surface area contributed by atoms with Gasteiger partial charge in [-0.25, -0.2) is 8.42 Å². The number of hydrogen-bond acceptors (Lipinski definition) is 5. The quantitative estimate of drug-likeness (QED) is 0.898. The van der Waals surface area contributed by atoms with Crippen molar-refractivity contribution >= 4 is 38.4 Å². The van der Waals surface area contributed by atoms with Crippen LogP contribution in [0.5, 0.6) is 0 Å². The molecule has 0 amide bonds. The van der Waals surface area contributed by atoms with Gasteiger partial charge < -0.3 is 5.11 Å². The third-order valence-corrected chi connectivity index (χ3v) is 5.40. The van der Waals surface area contributed by atoms with Crippen LogP contribution in [0.4, 0.5) is 5.69 Å². The van der Waals surface area contributed by atoms with Gasteiger partial charge in [0.15, 0.2) is 0 Å². The molecule has 2 aromatic rings. The largest absolute Gasteiger partial charge is 0.392 e. The molecule has 0 saturated heterocycles. The fraction of sp³-hybridized carbons (Fsp3) is 0.111. The van der Waals surface area contributed by atoms with E-state index in [0.717, 1.165) is 11.3 Å². The second kappa shape index (κ2) is 4.54. The monoisotopic (exact) mass is 275 g/mol.